The van der Waals surface area contributed by atoms with Crippen molar-refractivity contribution >= 4 is 56.3 Å². The summed E-state index contributed by atoms with van der Waals surface area (Å²) in [6.45, 7) is 7.97. The molecule has 1 saturated heterocycles. The molecule has 31 heavy (non-hydrogen) atoms. The molecular weight excluding hydrogens is 529 g/mol. The topological polar surface area (TPSA) is 84.9 Å². The first-order valence-corrected chi connectivity index (χ1v) is 11.4. The third kappa shape index (κ3) is 5.58. The summed E-state index contributed by atoms with van der Waals surface area (Å²) in [5.74, 6) is -1.55. The lowest BCUT2D eigenvalue weighted by molar-refractivity contribution is -0.139. The number of hydrogen-bond donors (Lipinski definition) is 2. The van der Waals surface area contributed by atoms with Crippen LogP contribution in [0.15, 0.2) is 51.4 Å². The molecule has 2 N–H and O–H groups in total. The van der Waals surface area contributed by atoms with E-state index in [0.717, 1.165) is 20.0 Å². The number of carboxylic acid groups (broad SMARTS) is 1. The highest BCUT2D eigenvalue weighted by atomic mass is 79.9. The number of amides is 1. The molecule has 9 heteroatoms. The quantitative estimate of drug-likeness (QED) is 0.530. The number of carbonyl (C=O) groups is 2. The molecule has 2 aromatic carbocycles. The molecule has 6 nitrogen and oxygen atoms in total. The van der Waals surface area contributed by atoms with Crippen LogP contribution in [0.4, 0.5) is 0 Å². The third-order valence-electron chi connectivity index (χ3n) is 5.67. The number of nitrogens with one attached hydrogen (secondary N) is 1. The summed E-state index contributed by atoms with van der Waals surface area (Å²) < 4.78 is 13.5. The van der Waals surface area contributed by atoms with Gasteiger partial charge < -0.3 is 19.7 Å². The predicted molar refractivity (Wildman–Crippen MR) is 127 cm³/mol. The lowest BCUT2D eigenvalue weighted by Crippen LogP contribution is -2.42. The standard InChI is InChI=1S/C22H24BBr2NO5/c1-21(2)22(3,4)31-23(30-21)15-7-5-13(6-8-15)9-18(20(28)29)26-19(27)14-10-16(24)12-17(25)11-14/h5-8,10-12,18H,9H2,1-4H3,(H,26,27)(H,28,29)/t18-/m1/s1. The molecule has 0 radical (unpaired) electrons. The van der Waals surface area contributed by atoms with Gasteiger partial charge in [-0.3, -0.25) is 4.79 Å². The first-order valence-electron chi connectivity index (χ1n) is 9.82. The molecule has 0 bridgehead atoms. The van der Waals surface area contributed by atoms with Crippen molar-refractivity contribution in [1.29, 1.82) is 0 Å². The maximum Gasteiger partial charge on any atom is 0.494 e. The van der Waals surface area contributed by atoms with Crippen molar-refractivity contribution < 1.29 is 24.0 Å². The Labute approximate surface area is 199 Å². The Kier molecular flexibility index (Phi) is 7.00. The smallest absolute Gasteiger partial charge is 0.480 e. The van der Waals surface area contributed by atoms with E-state index >= 15 is 0 Å². The number of halogens is 2. The van der Waals surface area contributed by atoms with Crippen LogP contribution in [0, 0.1) is 0 Å². The zero-order valence-corrected chi connectivity index (χ0v) is 20.9. The van der Waals surface area contributed by atoms with Crippen molar-refractivity contribution in [3.05, 3.63) is 62.5 Å². The molecule has 1 atom stereocenters. The second kappa shape index (κ2) is 9.06. The lowest BCUT2D eigenvalue weighted by atomic mass is 9.78. The van der Waals surface area contributed by atoms with Gasteiger partial charge in [0.05, 0.1) is 11.2 Å². The van der Waals surface area contributed by atoms with E-state index < -0.39 is 36.2 Å². The van der Waals surface area contributed by atoms with Gasteiger partial charge in [0.15, 0.2) is 0 Å². The van der Waals surface area contributed by atoms with Crippen LogP contribution in [-0.2, 0) is 20.5 Å². The van der Waals surface area contributed by atoms with Gasteiger partial charge >= 0.3 is 13.1 Å². The number of hydrogen-bond acceptors (Lipinski definition) is 4. The fourth-order valence-corrected chi connectivity index (χ4v) is 4.45. The monoisotopic (exact) mass is 551 g/mol. The average Bonchev–Trinajstić information content (AvgIpc) is 2.88. The van der Waals surface area contributed by atoms with Crippen LogP contribution in [0.25, 0.3) is 0 Å². The fourth-order valence-electron chi connectivity index (χ4n) is 3.15. The normalized spacial score (nSPS) is 17.9. The van der Waals surface area contributed by atoms with Crippen molar-refractivity contribution in [3.8, 4) is 0 Å². The van der Waals surface area contributed by atoms with Gasteiger partial charge in [0.1, 0.15) is 6.04 Å². The Balaban J connectivity index is 1.69. The second-order valence-corrected chi connectivity index (χ2v) is 10.4. The molecular formula is C22H24BBr2NO5. The van der Waals surface area contributed by atoms with E-state index in [1.807, 2.05) is 52.0 Å². The second-order valence-electron chi connectivity index (χ2n) is 8.56. The molecule has 0 aliphatic carbocycles. The zero-order chi connectivity index (χ0) is 23.0. The molecule has 1 heterocycles. The molecule has 164 valence electrons. The van der Waals surface area contributed by atoms with E-state index in [9.17, 15) is 14.7 Å². The molecule has 1 amide bonds. The minimum Gasteiger partial charge on any atom is -0.480 e. The van der Waals surface area contributed by atoms with Gasteiger partial charge in [-0.15, -0.1) is 0 Å². The molecule has 0 unspecified atom stereocenters. The van der Waals surface area contributed by atoms with Crippen molar-refractivity contribution in [2.75, 3.05) is 0 Å². The first kappa shape index (κ1) is 24.0. The Bertz CT molecular complexity index is 958. The SMILES string of the molecule is CC1(C)OB(c2ccc(C[C@@H](NC(=O)c3cc(Br)cc(Br)c3)C(=O)O)cc2)OC1(C)C. The largest absolute Gasteiger partial charge is 0.494 e. The number of rotatable bonds is 6. The zero-order valence-electron chi connectivity index (χ0n) is 17.7. The van der Waals surface area contributed by atoms with E-state index in [1.165, 1.54) is 0 Å². The fraction of sp³-hybridized carbons (Fsp3) is 0.364. The summed E-state index contributed by atoms with van der Waals surface area (Å²) in [6.07, 6.45) is 0.153. The Morgan fingerprint density at radius 3 is 2.00 bits per heavy atom. The van der Waals surface area contributed by atoms with Crippen LogP contribution in [0.2, 0.25) is 0 Å². The molecule has 1 aliphatic heterocycles. The molecule has 1 aliphatic rings. The summed E-state index contributed by atoms with van der Waals surface area (Å²) in [5.41, 5.74) is 1.14. The van der Waals surface area contributed by atoms with Crippen LogP contribution in [0.5, 0.6) is 0 Å². The molecule has 0 saturated carbocycles. The number of carboxylic acids is 1. The summed E-state index contributed by atoms with van der Waals surface area (Å²) >= 11 is 6.66. The van der Waals surface area contributed by atoms with E-state index in [0.29, 0.717) is 5.56 Å². The highest BCUT2D eigenvalue weighted by Crippen LogP contribution is 2.36. The van der Waals surface area contributed by atoms with Crippen LogP contribution >= 0.6 is 31.9 Å². The average molecular weight is 553 g/mol. The Morgan fingerprint density at radius 1 is 1.00 bits per heavy atom. The summed E-state index contributed by atoms with van der Waals surface area (Å²) in [5, 5.41) is 12.2. The van der Waals surface area contributed by atoms with Gasteiger partial charge in [0, 0.05) is 20.9 Å². The van der Waals surface area contributed by atoms with Crippen molar-refractivity contribution in [2.45, 2.75) is 51.4 Å². The van der Waals surface area contributed by atoms with Gasteiger partial charge in [-0.1, -0.05) is 56.1 Å². The van der Waals surface area contributed by atoms with Gasteiger partial charge in [-0.25, -0.2) is 4.79 Å². The van der Waals surface area contributed by atoms with E-state index in [1.54, 1.807) is 18.2 Å². The summed E-state index contributed by atoms with van der Waals surface area (Å²) in [6, 6.07) is 11.4. The van der Waals surface area contributed by atoms with Crippen molar-refractivity contribution in [2.24, 2.45) is 0 Å². The third-order valence-corrected chi connectivity index (χ3v) is 6.59. The lowest BCUT2D eigenvalue weighted by Gasteiger charge is -2.32. The first-order chi connectivity index (χ1) is 14.4. The van der Waals surface area contributed by atoms with Crippen LogP contribution in [0.3, 0.4) is 0 Å². The van der Waals surface area contributed by atoms with Gasteiger partial charge in [0.25, 0.3) is 5.91 Å². The number of benzene rings is 2. The van der Waals surface area contributed by atoms with E-state index in [2.05, 4.69) is 37.2 Å². The van der Waals surface area contributed by atoms with Gasteiger partial charge in [-0.2, -0.15) is 0 Å². The van der Waals surface area contributed by atoms with E-state index in [4.69, 9.17) is 9.31 Å². The van der Waals surface area contributed by atoms with Gasteiger partial charge in [-0.05, 0) is 56.9 Å². The van der Waals surface area contributed by atoms with E-state index in [-0.39, 0.29) is 6.42 Å². The highest BCUT2D eigenvalue weighted by Gasteiger charge is 2.51. The van der Waals surface area contributed by atoms with Gasteiger partial charge in [0.2, 0.25) is 0 Å². The minimum absolute atomic E-state index is 0.153. The van der Waals surface area contributed by atoms with Crippen molar-refractivity contribution in [1.82, 2.24) is 5.32 Å². The van der Waals surface area contributed by atoms with Crippen molar-refractivity contribution in [3.63, 3.8) is 0 Å². The Morgan fingerprint density at radius 2 is 1.52 bits per heavy atom. The Hall–Kier alpha value is -1.68. The minimum atomic E-state index is -1.10. The highest BCUT2D eigenvalue weighted by molar-refractivity contribution is 9.11. The number of carbonyl (C=O) groups excluding carboxylic acids is 1. The summed E-state index contributed by atoms with van der Waals surface area (Å²) in [4.78, 5) is 24.3. The van der Waals surface area contributed by atoms with Crippen LogP contribution < -0.4 is 10.8 Å². The van der Waals surface area contributed by atoms with Crippen LogP contribution in [0.1, 0.15) is 43.6 Å². The molecule has 0 aromatic heterocycles. The molecule has 0 spiro atoms. The predicted octanol–water partition coefficient (Wildman–Crippen LogP) is 3.94. The maximum atomic E-state index is 12.6. The molecule has 3 rings (SSSR count). The summed E-state index contributed by atoms with van der Waals surface area (Å²) in [7, 11) is -0.482. The maximum absolute atomic E-state index is 12.6. The number of aliphatic carboxylic acids is 1. The van der Waals surface area contributed by atoms with Crippen LogP contribution in [-0.4, -0.2) is 41.3 Å². The molecule has 1 fully saturated rings. The molecule has 2 aromatic rings.